The van der Waals surface area contributed by atoms with E-state index in [1.807, 2.05) is 0 Å². The highest BCUT2D eigenvalue weighted by molar-refractivity contribution is 9.10. The van der Waals surface area contributed by atoms with Gasteiger partial charge in [0.1, 0.15) is 0 Å². The Balaban J connectivity index is 3.13. The van der Waals surface area contributed by atoms with Crippen LogP contribution in [-0.4, -0.2) is 0 Å². The van der Waals surface area contributed by atoms with Crippen LogP contribution in [0, 0.1) is 5.41 Å². The molecular weight excluding hydrogens is 284 g/mol. The normalized spacial score (nSPS) is 11.9. The molecular formula is C14H20BrCl. The minimum absolute atomic E-state index is 0.300. The van der Waals surface area contributed by atoms with Crippen LogP contribution in [0.1, 0.15) is 44.4 Å². The summed E-state index contributed by atoms with van der Waals surface area (Å²) in [7, 11) is 0. The molecule has 0 fully saturated rings. The molecule has 0 radical (unpaired) electrons. The molecule has 0 aliphatic carbocycles. The third kappa shape index (κ3) is 3.78. The molecule has 1 aromatic rings. The number of halogens is 2. The van der Waals surface area contributed by atoms with Crippen molar-refractivity contribution >= 4 is 27.5 Å². The van der Waals surface area contributed by atoms with Gasteiger partial charge in [-0.15, -0.1) is 11.6 Å². The minimum atomic E-state index is 0.300. The van der Waals surface area contributed by atoms with E-state index in [9.17, 15) is 0 Å². The maximum absolute atomic E-state index is 6.03. The lowest BCUT2D eigenvalue weighted by Crippen LogP contribution is -2.11. The van der Waals surface area contributed by atoms with Crippen LogP contribution in [-0.2, 0) is 18.7 Å². The molecule has 0 bridgehead atoms. The first kappa shape index (κ1) is 14.1. The van der Waals surface area contributed by atoms with Gasteiger partial charge in [0.25, 0.3) is 0 Å². The van der Waals surface area contributed by atoms with E-state index in [1.54, 1.807) is 0 Å². The van der Waals surface area contributed by atoms with E-state index in [0.717, 1.165) is 12.8 Å². The van der Waals surface area contributed by atoms with Gasteiger partial charge in [-0.2, -0.15) is 0 Å². The molecule has 0 unspecified atom stereocenters. The molecule has 16 heavy (non-hydrogen) atoms. The van der Waals surface area contributed by atoms with E-state index in [4.69, 9.17) is 11.6 Å². The summed E-state index contributed by atoms with van der Waals surface area (Å²) in [5.74, 6) is 0.603. The molecule has 0 amide bonds. The summed E-state index contributed by atoms with van der Waals surface area (Å²) < 4.78 is 1.21. The number of alkyl halides is 1. The average Bonchev–Trinajstić information content (AvgIpc) is 2.16. The smallest absolute Gasteiger partial charge is 0.0476 e. The first-order valence-electron chi connectivity index (χ1n) is 5.73. The summed E-state index contributed by atoms with van der Waals surface area (Å²) in [6.07, 6.45) is 2.11. The molecule has 1 aromatic carbocycles. The predicted octanol–water partition coefficient (Wildman–Crippen LogP) is 5.34. The molecule has 2 heteroatoms. The number of hydrogen-bond donors (Lipinski definition) is 0. The van der Waals surface area contributed by atoms with Gasteiger partial charge in [0.15, 0.2) is 0 Å². The van der Waals surface area contributed by atoms with Gasteiger partial charge in [0.2, 0.25) is 0 Å². The molecule has 0 aromatic heterocycles. The lowest BCUT2D eigenvalue weighted by molar-refractivity contribution is 0.410. The zero-order chi connectivity index (χ0) is 12.3. The maximum Gasteiger partial charge on any atom is 0.0476 e. The minimum Gasteiger partial charge on any atom is -0.122 e. The second kappa shape index (κ2) is 5.55. The van der Waals surface area contributed by atoms with E-state index in [-0.39, 0.29) is 0 Å². The van der Waals surface area contributed by atoms with Gasteiger partial charge in [-0.3, -0.25) is 0 Å². The van der Waals surface area contributed by atoms with Gasteiger partial charge in [0, 0.05) is 10.4 Å². The Bertz CT molecular complexity index is 364. The van der Waals surface area contributed by atoms with Gasteiger partial charge < -0.3 is 0 Å². The topological polar surface area (TPSA) is 0 Å². The Labute approximate surface area is 113 Å². The molecule has 0 nitrogen and oxygen atoms in total. The second-order valence-corrected chi connectivity index (χ2v) is 6.56. The molecule has 0 saturated carbocycles. The summed E-state index contributed by atoms with van der Waals surface area (Å²) in [6.45, 7) is 8.94. The van der Waals surface area contributed by atoms with Gasteiger partial charge in [-0.05, 0) is 41.0 Å². The molecule has 0 spiro atoms. The molecule has 0 heterocycles. The zero-order valence-corrected chi connectivity index (χ0v) is 12.9. The summed E-state index contributed by atoms with van der Waals surface area (Å²) in [4.78, 5) is 0. The van der Waals surface area contributed by atoms with Crippen molar-refractivity contribution in [1.29, 1.82) is 0 Å². The predicted molar refractivity (Wildman–Crippen MR) is 76.2 cm³/mol. The van der Waals surface area contributed by atoms with Gasteiger partial charge in [-0.25, -0.2) is 0 Å². The highest BCUT2D eigenvalue weighted by atomic mass is 79.9. The van der Waals surface area contributed by atoms with Gasteiger partial charge in [0.05, 0.1) is 0 Å². The Morgan fingerprint density at radius 3 is 2.19 bits per heavy atom. The van der Waals surface area contributed by atoms with Crippen LogP contribution >= 0.6 is 27.5 Å². The number of hydrogen-bond acceptors (Lipinski definition) is 0. The fourth-order valence-electron chi connectivity index (χ4n) is 1.84. The fraction of sp³-hybridized carbons (Fsp3) is 0.571. The highest BCUT2D eigenvalue weighted by Crippen LogP contribution is 2.29. The van der Waals surface area contributed by atoms with Crippen LogP contribution in [0.15, 0.2) is 16.6 Å². The van der Waals surface area contributed by atoms with Gasteiger partial charge in [-0.1, -0.05) is 49.7 Å². The standard InChI is InChI=1S/C14H20BrCl/c1-5-10-6-12(9-16)11(7-13(10)15)8-14(2,3)4/h6-7H,5,8-9H2,1-4H3. The zero-order valence-electron chi connectivity index (χ0n) is 10.5. The third-order valence-electron chi connectivity index (χ3n) is 2.61. The van der Waals surface area contributed by atoms with Crippen molar-refractivity contribution in [3.8, 4) is 0 Å². The van der Waals surface area contributed by atoms with E-state index in [2.05, 4.69) is 55.8 Å². The Kier molecular flexibility index (Phi) is 4.88. The summed E-state index contributed by atoms with van der Waals surface area (Å²) in [5.41, 5.74) is 4.28. The third-order valence-corrected chi connectivity index (χ3v) is 3.64. The number of rotatable bonds is 3. The largest absolute Gasteiger partial charge is 0.122 e. The molecule has 0 N–H and O–H groups in total. The molecule has 90 valence electrons. The van der Waals surface area contributed by atoms with Crippen molar-refractivity contribution in [3.05, 3.63) is 33.3 Å². The summed E-state index contributed by atoms with van der Waals surface area (Å²) in [5, 5.41) is 0. The van der Waals surface area contributed by atoms with Crippen molar-refractivity contribution in [1.82, 2.24) is 0 Å². The van der Waals surface area contributed by atoms with Crippen LogP contribution in [0.25, 0.3) is 0 Å². The highest BCUT2D eigenvalue weighted by Gasteiger charge is 2.15. The number of benzene rings is 1. The van der Waals surface area contributed by atoms with Gasteiger partial charge >= 0.3 is 0 Å². The molecule has 0 aliphatic heterocycles. The molecule has 0 atom stereocenters. The van der Waals surface area contributed by atoms with E-state index >= 15 is 0 Å². The lowest BCUT2D eigenvalue weighted by atomic mass is 9.86. The molecule has 0 saturated heterocycles. The van der Waals surface area contributed by atoms with Crippen molar-refractivity contribution in [2.75, 3.05) is 0 Å². The van der Waals surface area contributed by atoms with E-state index in [1.165, 1.54) is 21.2 Å². The first-order chi connectivity index (χ1) is 7.37. The van der Waals surface area contributed by atoms with Crippen molar-refractivity contribution in [2.24, 2.45) is 5.41 Å². The average molecular weight is 304 g/mol. The van der Waals surface area contributed by atoms with Crippen LogP contribution in [0.5, 0.6) is 0 Å². The lowest BCUT2D eigenvalue weighted by Gasteiger charge is -2.21. The van der Waals surface area contributed by atoms with Crippen molar-refractivity contribution in [3.63, 3.8) is 0 Å². The van der Waals surface area contributed by atoms with E-state index in [0.29, 0.717) is 11.3 Å². The number of aryl methyl sites for hydroxylation is 1. The first-order valence-corrected chi connectivity index (χ1v) is 7.06. The van der Waals surface area contributed by atoms with E-state index < -0.39 is 0 Å². The summed E-state index contributed by atoms with van der Waals surface area (Å²) >= 11 is 9.66. The Morgan fingerprint density at radius 2 is 1.75 bits per heavy atom. The van der Waals surface area contributed by atoms with Crippen LogP contribution < -0.4 is 0 Å². The fourth-order valence-corrected chi connectivity index (χ4v) is 2.76. The van der Waals surface area contributed by atoms with Crippen molar-refractivity contribution < 1.29 is 0 Å². The second-order valence-electron chi connectivity index (χ2n) is 5.44. The SMILES string of the molecule is CCc1cc(CCl)c(CC(C)(C)C)cc1Br. The Hall–Kier alpha value is -0.0100. The quantitative estimate of drug-likeness (QED) is 0.661. The van der Waals surface area contributed by atoms with Crippen LogP contribution in [0.3, 0.4) is 0 Å². The monoisotopic (exact) mass is 302 g/mol. The summed E-state index contributed by atoms with van der Waals surface area (Å²) in [6, 6.07) is 4.47. The molecule has 1 rings (SSSR count). The van der Waals surface area contributed by atoms with Crippen LogP contribution in [0.4, 0.5) is 0 Å². The van der Waals surface area contributed by atoms with Crippen LogP contribution in [0.2, 0.25) is 0 Å². The maximum atomic E-state index is 6.03. The molecule has 0 aliphatic rings. The van der Waals surface area contributed by atoms with Crippen molar-refractivity contribution in [2.45, 2.75) is 46.4 Å². The Morgan fingerprint density at radius 1 is 1.12 bits per heavy atom.